The summed E-state index contributed by atoms with van der Waals surface area (Å²) >= 11 is 0. The van der Waals surface area contributed by atoms with Crippen molar-refractivity contribution >= 4 is 10.0 Å². The topological polar surface area (TPSA) is 72.6 Å². The van der Waals surface area contributed by atoms with Gasteiger partial charge in [-0.25, -0.2) is 12.7 Å². The predicted molar refractivity (Wildman–Crippen MR) is 61.4 cm³/mol. The van der Waals surface area contributed by atoms with E-state index >= 15 is 0 Å². The lowest BCUT2D eigenvalue weighted by Gasteiger charge is -2.20. The summed E-state index contributed by atoms with van der Waals surface area (Å²) in [5.41, 5.74) is 5.64. The van der Waals surface area contributed by atoms with E-state index in [1.807, 2.05) is 0 Å². The van der Waals surface area contributed by atoms with Crippen LogP contribution in [0.4, 0.5) is 0 Å². The fourth-order valence-corrected chi connectivity index (χ4v) is 4.39. The van der Waals surface area contributed by atoms with Gasteiger partial charge < -0.3 is 10.5 Å². The number of hydrogen-bond acceptors (Lipinski definition) is 4. The Bertz CT molecular complexity index is 338. The molecule has 2 heterocycles. The molecular formula is C10H20N2O3S. The lowest BCUT2D eigenvalue weighted by molar-refractivity contribution is 0.198. The van der Waals surface area contributed by atoms with E-state index < -0.39 is 10.0 Å². The van der Waals surface area contributed by atoms with Crippen LogP contribution < -0.4 is 5.73 Å². The molecule has 2 N–H and O–H groups in total. The molecule has 0 aromatic rings. The Morgan fingerprint density at radius 3 is 2.69 bits per heavy atom. The Balaban J connectivity index is 2.07. The van der Waals surface area contributed by atoms with Crippen LogP contribution in [0, 0.1) is 11.8 Å². The van der Waals surface area contributed by atoms with Crippen LogP contribution in [0.5, 0.6) is 0 Å². The fourth-order valence-electron chi connectivity index (χ4n) is 2.46. The second kappa shape index (κ2) is 4.60. The number of rotatable bonds is 3. The minimum absolute atomic E-state index is 0.303. The first-order valence-corrected chi connectivity index (χ1v) is 7.32. The van der Waals surface area contributed by atoms with Crippen LogP contribution in [0.25, 0.3) is 0 Å². The van der Waals surface area contributed by atoms with Crippen molar-refractivity contribution in [3.63, 3.8) is 0 Å². The zero-order chi connectivity index (χ0) is 11.8. The van der Waals surface area contributed by atoms with Gasteiger partial charge in [0, 0.05) is 19.7 Å². The van der Waals surface area contributed by atoms with Gasteiger partial charge in [-0.3, -0.25) is 0 Å². The molecule has 94 valence electrons. The number of nitrogens with zero attached hydrogens (tertiary/aromatic N) is 1. The van der Waals surface area contributed by atoms with Crippen LogP contribution >= 0.6 is 0 Å². The average Bonchev–Trinajstić information content (AvgIpc) is 2.85. The van der Waals surface area contributed by atoms with Gasteiger partial charge in [0.1, 0.15) is 5.25 Å². The maximum absolute atomic E-state index is 12.2. The van der Waals surface area contributed by atoms with Crippen LogP contribution in [0.15, 0.2) is 0 Å². The molecule has 2 rings (SSSR count). The molecule has 2 aliphatic heterocycles. The minimum atomic E-state index is -3.16. The molecule has 6 heteroatoms. The van der Waals surface area contributed by atoms with E-state index in [-0.39, 0.29) is 5.25 Å². The van der Waals surface area contributed by atoms with Crippen molar-refractivity contribution in [2.45, 2.75) is 18.6 Å². The van der Waals surface area contributed by atoms with Crippen molar-refractivity contribution in [1.82, 2.24) is 4.31 Å². The molecular weight excluding hydrogens is 228 g/mol. The first kappa shape index (κ1) is 12.3. The molecule has 0 aliphatic carbocycles. The third-order valence-electron chi connectivity index (χ3n) is 3.71. The molecule has 0 radical (unpaired) electrons. The van der Waals surface area contributed by atoms with Crippen molar-refractivity contribution in [2.75, 3.05) is 32.8 Å². The number of hydrogen-bond donors (Lipinski definition) is 1. The summed E-state index contributed by atoms with van der Waals surface area (Å²) in [7, 11) is -3.16. The molecule has 2 saturated heterocycles. The SMILES string of the molecule is C[C@@H]1CN(S(=O)(=O)C2CCOC2)C[C@H]1CN. The summed E-state index contributed by atoms with van der Waals surface area (Å²) in [4.78, 5) is 0. The fraction of sp³-hybridized carbons (Fsp3) is 1.00. The van der Waals surface area contributed by atoms with Gasteiger partial charge in [0.2, 0.25) is 10.0 Å². The van der Waals surface area contributed by atoms with E-state index in [4.69, 9.17) is 10.5 Å². The standard InChI is InChI=1S/C10H20N2O3S/c1-8-5-12(6-9(8)4-11)16(13,14)10-2-3-15-7-10/h8-10H,2-7,11H2,1H3/t8-,9-,10?/m1/s1. The van der Waals surface area contributed by atoms with Gasteiger partial charge in [-0.2, -0.15) is 0 Å². The quantitative estimate of drug-likeness (QED) is 0.740. The van der Waals surface area contributed by atoms with Crippen LogP contribution in [0.2, 0.25) is 0 Å². The molecule has 2 fully saturated rings. The molecule has 0 bridgehead atoms. The van der Waals surface area contributed by atoms with E-state index in [0.29, 0.717) is 51.1 Å². The molecule has 5 nitrogen and oxygen atoms in total. The number of nitrogens with two attached hydrogens (primary N) is 1. The van der Waals surface area contributed by atoms with Crippen LogP contribution in [-0.4, -0.2) is 50.8 Å². The normalized spacial score (nSPS) is 37.0. The van der Waals surface area contributed by atoms with Crippen molar-refractivity contribution in [2.24, 2.45) is 17.6 Å². The first-order valence-electron chi connectivity index (χ1n) is 5.82. The third kappa shape index (κ3) is 2.11. The zero-order valence-electron chi connectivity index (χ0n) is 9.63. The maximum atomic E-state index is 12.2. The van der Waals surface area contributed by atoms with Crippen LogP contribution in [0.1, 0.15) is 13.3 Å². The third-order valence-corrected chi connectivity index (χ3v) is 5.94. The Morgan fingerprint density at radius 1 is 1.44 bits per heavy atom. The molecule has 2 aliphatic rings. The Hall–Kier alpha value is -0.170. The van der Waals surface area contributed by atoms with Gasteiger partial charge in [-0.05, 0) is 24.8 Å². The summed E-state index contributed by atoms with van der Waals surface area (Å²) in [5, 5.41) is -0.337. The molecule has 0 saturated carbocycles. The largest absolute Gasteiger partial charge is 0.380 e. The lowest BCUT2D eigenvalue weighted by atomic mass is 9.99. The molecule has 16 heavy (non-hydrogen) atoms. The van der Waals surface area contributed by atoms with Gasteiger partial charge in [-0.1, -0.05) is 6.92 Å². The van der Waals surface area contributed by atoms with E-state index in [1.54, 1.807) is 4.31 Å². The van der Waals surface area contributed by atoms with Crippen molar-refractivity contribution in [1.29, 1.82) is 0 Å². The summed E-state index contributed by atoms with van der Waals surface area (Å²) < 4.78 is 31.3. The van der Waals surface area contributed by atoms with E-state index in [9.17, 15) is 8.42 Å². The summed E-state index contributed by atoms with van der Waals surface area (Å²) in [5.74, 6) is 0.666. The van der Waals surface area contributed by atoms with Crippen molar-refractivity contribution < 1.29 is 13.2 Å². The zero-order valence-corrected chi connectivity index (χ0v) is 10.4. The maximum Gasteiger partial charge on any atom is 0.219 e. The van der Waals surface area contributed by atoms with E-state index in [2.05, 4.69) is 6.92 Å². The summed E-state index contributed by atoms with van der Waals surface area (Å²) in [6, 6.07) is 0. The molecule has 0 spiro atoms. The summed E-state index contributed by atoms with van der Waals surface area (Å²) in [6.07, 6.45) is 0.626. The number of sulfonamides is 1. The Morgan fingerprint density at radius 2 is 2.19 bits per heavy atom. The Kier molecular flexibility index (Phi) is 3.53. The lowest BCUT2D eigenvalue weighted by Crippen LogP contribution is -2.38. The average molecular weight is 248 g/mol. The molecule has 0 aromatic heterocycles. The highest BCUT2D eigenvalue weighted by atomic mass is 32.2. The molecule has 0 aromatic carbocycles. The smallest absolute Gasteiger partial charge is 0.219 e. The van der Waals surface area contributed by atoms with Gasteiger partial charge in [0.05, 0.1) is 6.61 Å². The number of ether oxygens (including phenoxy) is 1. The molecule has 1 unspecified atom stereocenters. The summed E-state index contributed by atoms with van der Waals surface area (Å²) in [6.45, 7) is 4.73. The molecule has 0 amide bonds. The van der Waals surface area contributed by atoms with E-state index in [0.717, 1.165) is 0 Å². The minimum Gasteiger partial charge on any atom is -0.380 e. The van der Waals surface area contributed by atoms with Crippen LogP contribution in [-0.2, 0) is 14.8 Å². The predicted octanol–water partition coefficient (Wildman–Crippen LogP) is -0.368. The highest BCUT2D eigenvalue weighted by Gasteiger charge is 2.40. The highest BCUT2D eigenvalue weighted by Crippen LogP contribution is 2.28. The highest BCUT2D eigenvalue weighted by molar-refractivity contribution is 7.89. The Labute approximate surface area is 97.0 Å². The molecule has 3 atom stereocenters. The monoisotopic (exact) mass is 248 g/mol. The van der Waals surface area contributed by atoms with Crippen molar-refractivity contribution in [3.8, 4) is 0 Å². The van der Waals surface area contributed by atoms with Gasteiger partial charge >= 0.3 is 0 Å². The van der Waals surface area contributed by atoms with Crippen molar-refractivity contribution in [3.05, 3.63) is 0 Å². The second-order valence-corrected chi connectivity index (χ2v) is 7.03. The first-order chi connectivity index (χ1) is 7.55. The van der Waals surface area contributed by atoms with Crippen LogP contribution in [0.3, 0.4) is 0 Å². The second-order valence-electron chi connectivity index (χ2n) is 4.82. The van der Waals surface area contributed by atoms with Gasteiger partial charge in [-0.15, -0.1) is 0 Å². The van der Waals surface area contributed by atoms with Gasteiger partial charge in [0.15, 0.2) is 0 Å². The van der Waals surface area contributed by atoms with E-state index in [1.165, 1.54) is 0 Å². The van der Waals surface area contributed by atoms with Gasteiger partial charge in [0.25, 0.3) is 0 Å².